The average Bonchev–Trinajstić information content (AvgIpc) is 2.34. The van der Waals surface area contributed by atoms with Gasteiger partial charge in [-0.2, -0.15) is 0 Å². The van der Waals surface area contributed by atoms with Crippen LogP contribution >= 0.6 is 23.2 Å². The number of benzene rings is 1. The molecule has 1 aromatic carbocycles. The maximum Gasteiger partial charge on any atom is 0.138 e. The second-order valence-electron chi connectivity index (χ2n) is 5.42. The quantitative estimate of drug-likeness (QED) is 0.828. The topological polar surface area (TPSA) is 32.7 Å². The van der Waals surface area contributed by atoms with Crippen molar-refractivity contribution in [2.24, 2.45) is 0 Å². The maximum absolute atomic E-state index is 10.1. The normalized spacial score (nSPS) is 13.3. The highest BCUT2D eigenvalue weighted by Gasteiger charge is 2.18. The summed E-state index contributed by atoms with van der Waals surface area (Å²) in [7, 11) is 0. The molecule has 0 aromatic heterocycles. The summed E-state index contributed by atoms with van der Waals surface area (Å²) >= 11 is 11.8. The zero-order valence-corrected chi connectivity index (χ0v) is 13.9. The number of nitrogens with zero attached hydrogens (tertiary/aromatic N) is 1. The van der Waals surface area contributed by atoms with Gasteiger partial charge in [-0.3, -0.25) is 4.90 Å². The summed E-state index contributed by atoms with van der Waals surface area (Å²) in [6.45, 7) is 9.23. The largest absolute Gasteiger partial charge is 0.489 e. The smallest absolute Gasteiger partial charge is 0.138 e. The lowest BCUT2D eigenvalue weighted by Gasteiger charge is -2.32. The Bertz CT molecular complexity index is 416. The van der Waals surface area contributed by atoms with Crippen molar-refractivity contribution in [3.05, 3.63) is 28.2 Å². The Hall–Kier alpha value is -0.480. The lowest BCUT2D eigenvalue weighted by molar-refractivity contribution is 0.0446. The highest BCUT2D eigenvalue weighted by atomic mass is 35.5. The molecule has 0 heterocycles. The van der Waals surface area contributed by atoms with Gasteiger partial charge in [0.25, 0.3) is 0 Å². The summed E-state index contributed by atoms with van der Waals surface area (Å²) in [5.74, 6) is 0.538. The van der Waals surface area contributed by atoms with Gasteiger partial charge in [-0.1, -0.05) is 23.2 Å². The number of hydrogen-bond acceptors (Lipinski definition) is 3. The SMILES string of the molecule is CC(C)N(CC(O)COc1ccc(Cl)cc1Cl)C(C)C. The van der Waals surface area contributed by atoms with Gasteiger partial charge in [-0.15, -0.1) is 0 Å². The van der Waals surface area contributed by atoms with E-state index in [2.05, 4.69) is 32.6 Å². The molecule has 0 bridgehead atoms. The third kappa shape index (κ3) is 5.49. The molecule has 0 aliphatic heterocycles. The molecule has 0 fully saturated rings. The maximum atomic E-state index is 10.1. The van der Waals surface area contributed by atoms with E-state index in [9.17, 15) is 5.11 Å². The molecule has 3 nitrogen and oxygen atoms in total. The van der Waals surface area contributed by atoms with Crippen LogP contribution in [0, 0.1) is 0 Å². The van der Waals surface area contributed by atoms with Crippen molar-refractivity contribution < 1.29 is 9.84 Å². The van der Waals surface area contributed by atoms with E-state index < -0.39 is 6.10 Å². The standard InChI is InChI=1S/C15H23Cl2NO2/c1-10(2)18(11(3)4)8-13(19)9-20-15-6-5-12(16)7-14(15)17/h5-7,10-11,13,19H,8-9H2,1-4H3. The summed E-state index contributed by atoms with van der Waals surface area (Å²) in [4.78, 5) is 2.22. The van der Waals surface area contributed by atoms with Gasteiger partial charge in [0.15, 0.2) is 0 Å². The molecule has 1 unspecified atom stereocenters. The van der Waals surface area contributed by atoms with Gasteiger partial charge in [-0.05, 0) is 45.9 Å². The minimum Gasteiger partial charge on any atom is -0.489 e. The Morgan fingerprint density at radius 2 is 1.75 bits per heavy atom. The van der Waals surface area contributed by atoms with E-state index >= 15 is 0 Å². The summed E-state index contributed by atoms with van der Waals surface area (Å²) in [5.41, 5.74) is 0. The molecular formula is C15H23Cl2NO2. The second-order valence-corrected chi connectivity index (χ2v) is 6.27. The lowest BCUT2D eigenvalue weighted by Crippen LogP contribution is -2.43. The van der Waals surface area contributed by atoms with Crippen molar-refractivity contribution in [3.63, 3.8) is 0 Å². The molecule has 0 aliphatic rings. The zero-order chi connectivity index (χ0) is 15.3. The van der Waals surface area contributed by atoms with Crippen molar-refractivity contribution in [2.45, 2.75) is 45.9 Å². The molecule has 0 radical (unpaired) electrons. The first kappa shape index (κ1) is 17.6. The Morgan fingerprint density at radius 1 is 1.15 bits per heavy atom. The number of aliphatic hydroxyl groups excluding tert-OH is 1. The van der Waals surface area contributed by atoms with Gasteiger partial charge in [-0.25, -0.2) is 0 Å². The van der Waals surface area contributed by atoms with Crippen LogP contribution < -0.4 is 4.74 Å². The van der Waals surface area contributed by atoms with Gasteiger partial charge in [0.2, 0.25) is 0 Å². The van der Waals surface area contributed by atoms with E-state index in [1.807, 2.05) is 0 Å². The van der Waals surface area contributed by atoms with Crippen molar-refractivity contribution in [1.82, 2.24) is 4.90 Å². The molecule has 0 saturated heterocycles. The molecule has 5 heteroatoms. The first-order valence-electron chi connectivity index (χ1n) is 6.83. The number of rotatable bonds is 7. The zero-order valence-electron chi connectivity index (χ0n) is 12.4. The highest BCUT2D eigenvalue weighted by molar-refractivity contribution is 6.35. The molecule has 1 N–H and O–H groups in total. The number of aliphatic hydroxyl groups is 1. The van der Waals surface area contributed by atoms with Gasteiger partial charge in [0, 0.05) is 23.7 Å². The monoisotopic (exact) mass is 319 g/mol. The highest BCUT2D eigenvalue weighted by Crippen LogP contribution is 2.27. The molecule has 0 aliphatic carbocycles. The van der Waals surface area contributed by atoms with Crippen LogP contribution in [0.25, 0.3) is 0 Å². The molecule has 0 saturated carbocycles. The Balaban J connectivity index is 2.52. The molecule has 20 heavy (non-hydrogen) atoms. The van der Waals surface area contributed by atoms with Crippen LogP contribution in [0.4, 0.5) is 0 Å². The van der Waals surface area contributed by atoms with Crippen LogP contribution in [0.15, 0.2) is 18.2 Å². The van der Waals surface area contributed by atoms with Crippen LogP contribution in [-0.2, 0) is 0 Å². The summed E-state index contributed by atoms with van der Waals surface area (Å²) < 4.78 is 5.55. The van der Waals surface area contributed by atoms with Gasteiger partial charge in [0.05, 0.1) is 5.02 Å². The predicted molar refractivity (Wildman–Crippen MR) is 84.9 cm³/mol. The fourth-order valence-electron chi connectivity index (χ4n) is 2.09. The van der Waals surface area contributed by atoms with Crippen molar-refractivity contribution in [1.29, 1.82) is 0 Å². The summed E-state index contributed by atoms with van der Waals surface area (Å²) in [5, 5.41) is 11.1. The fourth-order valence-corrected chi connectivity index (χ4v) is 2.56. The molecule has 1 rings (SSSR count). The first-order valence-corrected chi connectivity index (χ1v) is 7.58. The Morgan fingerprint density at radius 3 is 2.25 bits per heavy atom. The lowest BCUT2D eigenvalue weighted by atomic mass is 10.2. The van der Waals surface area contributed by atoms with Crippen molar-refractivity contribution in [2.75, 3.05) is 13.2 Å². The van der Waals surface area contributed by atoms with E-state index in [1.165, 1.54) is 0 Å². The first-order chi connectivity index (χ1) is 9.31. The van der Waals surface area contributed by atoms with Crippen molar-refractivity contribution >= 4 is 23.2 Å². The minimum absolute atomic E-state index is 0.206. The van der Waals surface area contributed by atoms with E-state index in [-0.39, 0.29) is 6.61 Å². The molecule has 1 atom stereocenters. The molecule has 1 aromatic rings. The Labute approximate surface area is 131 Å². The van der Waals surface area contributed by atoms with E-state index in [1.54, 1.807) is 18.2 Å². The van der Waals surface area contributed by atoms with E-state index in [0.717, 1.165) is 0 Å². The third-order valence-electron chi connectivity index (χ3n) is 3.07. The summed E-state index contributed by atoms with van der Waals surface area (Å²) in [6, 6.07) is 5.80. The molecule has 0 amide bonds. The van der Waals surface area contributed by atoms with Gasteiger partial charge < -0.3 is 9.84 Å². The van der Waals surface area contributed by atoms with E-state index in [4.69, 9.17) is 27.9 Å². The van der Waals surface area contributed by atoms with Gasteiger partial charge in [0.1, 0.15) is 18.5 Å². The molecule has 114 valence electrons. The predicted octanol–water partition coefficient (Wildman–Crippen LogP) is 3.85. The summed E-state index contributed by atoms with van der Waals surface area (Å²) in [6.07, 6.45) is -0.563. The molecule has 0 spiro atoms. The Kier molecular flexibility index (Phi) is 7.10. The minimum atomic E-state index is -0.563. The second kappa shape index (κ2) is 8.08. The van der Waals surface area contributed by atoms with Crippen LogP contribution in [0.3, 0.4) is 0 Å². The number of hydrogen-bond donors (Lipinski definition) is 1. The van der Waals surface area contributed by atoms with Crippen LogP contribution in [0.5, 0.6) is 5.75 Å². The van der Waals surface area contributed by atoms with Crippen molar-refractivity contribution in [3.8, 4) is 5.75 Å². The number of halogens is 2. The van der Waals surface area contributed by atoms with E-state index in [0.29, 0.717) is 34.4 Å². The van der Waals surface area contributed by atoms with Gasteiger partial charge >= 0.3 is 0 Å². The third-order valence-corrected chi connectivity index (χ3v) is 3.60. The number of ether oxygens (including phenoxy) is 1. The fraction of sp³-hybridized carbons (Fsp3) is 0.600. The average molecular weight is 320 g/mol. The molecular weight excluding hydrogens is 297 g/mol. The van der Waals surface area contributed by atoms with Crippen LogP contribution in [0.1, 0.15) is 27.7 Å². The van der Waals surface area contributed by atoms with Crippen LogP contribution in [0.2, 0.25) is 10.0 Å². The van der Waals surface area contributed by atoms with Crippen LogP contribution in [-0.4, -0.2) is 41.3 Å².